The third-order valence-electron chi connectivity index (χ3n) is 4.08. The Bertz CT molecular complexity index is 1080. The average Bonchev–Trinajstić information content (AvgIpc) is 3.19. The van der Waals surface area contributed by atoms with Gasteiger partial charge in [-0.2, -0.15) is 0 Å². The zero-order chi connectivity index (χ0) is 18.1. The molecule has 0 aliphatic carbocycles. The van der Waals surface area contributed by atoms with Crippen molar-refractivity contribution < 1.29 is 4.79 Å². The minimum atomic E-state index is -0.0495. The molecule has 0 aliphatic heterocycles. The van der Waals surface area contributed by atoms with Crippen LogP contribution >= 0.6 is 22.9 Å². The van der Waals surface area contributed by atoms with Crippen molar-refractivity contribution >= 4 is 39.5 Å². The van der Waals surface area contributed by atoms with Crippen LogP contribution in [0.2, 0.25) is 5.02 Å². The van der Waals surface area contributed by atoms with Crippen molar-refractivity contribution in [1.29, 1.82) is 0 Å². The number of carbonyl (C=O) groups is 1. The molecule has 0 unspecified atom stereocenters. The van der Waals surface area contributed by atoms with Crippen molar-refractivity contribution in [1.82, 2.24) is 9.38 Å². The number of aromatic nitrogens is 2. The summed E-state index contributed by atoms with van der Waals surface area (Å²) in [6, 6.07) is 15.4. The lowest BCUT2D eigenvalue weighted by atomic mass is 10.2. The molecule has 0 saturated heterocycles. The molecule has 1 N–H and O–H groups in total. The van der Waals surface area contributed by atoms with Crippen LogP contribution in [0.4, 0.5) is 5.69 Å². The second-order valence-corrected chi connectivity index (χ2v) is 7.38. The van der Waals surface area contributed by atoms with Crippen LogP contribution in [0, 0.1) is 6.92 Å². The number of benzene rings is 2. The lowest BCUT2D eigenvalue weighted by Gasteiger charge is -2.05. The number of fused-ring (bicyclic) bond motifs is 1. The molecular weight excluding hydrogens is 366 g/mol. The summed E-state index contributed by atoms with van der Waals surface area (Å²) < 4.78 is 1.97. The van der Waals surface area contributed by atoms with Gasteiger partial charge in [-0.25, -0.2) is 4.98 Å². The topological polar surface area (TPSA) is 46.4 Å². The summed E-state index contributed by atoms with van der Waals surface area (Å²) in [5.74, 6) is -0.0495. The Morgan fingerprint density at radius 3 is 2.81 bits per heavy atom. The number of nitrogens with zero attached hydrogens (tertiary/aromatic N) is 2. The summed E-state index contributed by atoms with van der Waals surface area (Å²) >= 11 is 7.59. The minimum absolute atomic E-state index is 0.0495. The molecule has 1 amide bonds. The average molecular weight is 382 g/mol. The van der Waals surface area contributed by atoms with Gasteiger partial charge >= 0.3 is 0 Å². The molecule has 4 aromatic rings. The van der Waals surface area contributed by atoms with E-state index in [1.807, 2.05) is 71.4 Å². The fourth-order valence-corrected chi connectivity index (χ4v) is 3.81. The van der Waals surface area contributed by atoms with Gasteiger partial charge in [0.05, 0.1) is 12.1 Å². The third-order valence-corrected chi connectivity index (χ3v) is 5.20. The molecule has 130 valence electrons. The fraction of sp³-hybridized carbons (Fsp3) is 0.100. The highest BCUT2D eigenvalue weighted by atomic mass is 35.5. The quantitative estimate of drug-likeness (QED) is 0.527. The number of aryl methyl sites for hydroxylation is 1. The molecule has 0 fully saturated rings. The predicted octanol–water partition coefficient (Wildman–Crippen LogP) is 5.21. The largest absolute Gasteiger partial charge is 0.326 e. The number of rotatable bonds is 4. The second-order valence-electron chi connectivity index (χ2n) is 6.11. The molecule has 0 spiro atoms. The van der Waals surface area contributed by atoms with Gasteiger partial charge < -0.3 is 5.32 Å². The summed E-state index contributed by atoms with van der Waals surface area (Å²) in [7, 11) is 0. The molecule has 0 saturated carbocycles. The lowest BCUT2D eigenvalue weighted by Crippen LogP contribution is -2.15. The Kier molecular flexibility index (Phi) is 4.49. The Labute approximate surface area is 160 Å². The monoisotopic (exact) mass is 381 g/mol. The van der Waals surface area contributed by atoms with E-state index in [1.165, 1.54) is 11.3 Å². The molecule has 0 bridgehead atoms. The maximum Gasteiger partial charge on any atom is 0.230 e. The molecule has 26 heavy (non-hydrogen) atoms. The number of carbonyl (C=O) groups excluding carboxylic acids is 1. The number of hydrogen-bond donors (Lipinski definition) is 1. The van der Waals surface area contributed by atoms with Gasteiger partial charge in [0, 0.05) is 33.5 Å². The standard InChI is InChI=1S/C20H16ClN3OS/c1-13-5-7-16(8-6-13)22-19(25)10-17-12-26-20-23-18(11-24(17)20)14-3-2-4-15(21)9-14/h2-9,11-12H,10H2,1H3,(H,22,25). The van der Waals surface area contributed by atoms with Crippen LogP contribution < -0.4 is 5.32 Å². The first-order valence-corrected chi connectivity index (χ1v) is 9.42. The number of anilines is 1. The zero-order valence-corrected chi connectivity index (χ0v) is 15.6. The van der Waals surface area contributed by atoms with Gasteiger partial charge in [-0.05, 0) is 31.2 Å². The number of hydrogen-bond acceptors (Lipinski definition) is 3. The first-order chi connectivity index (χ1) is 12.6. The summed E-state index contributed by atoms with van der Waals surface area (Å²) in [4.78, 5) is 17.9. The van der Waals surface area contributed by atoms with Gasteiger partial charge in [0.25, 0.3) is 0 Å². The van der Waals surface area contributed by atoms with E-state index >= 15 is 0 Å². The Morgan fingerprint density at radius 1 is 1.23 bits per heavy atom. The van der Waals surface area contributed by atoms with E-state index in [2.05, 4.69) is 10.3 Å². The van der Waals surface area contributed by atoms with E-state index in [1.54, 1.807) is 0 Å². The number of nitrogens with one attached hydrogen (secondary N) is 1. The predicted molar refractivity (Wildman–Crippen MR) is 107 cm³/mol. The molecule has 6 heteroatoms. The van der Waals surface area contributed by atoms with Crippen LogP contribution in [0.3, 0.4) is 0 Å². The SMILES string of the molecule is Cc1ccc(NC(=O)Cc2csc3nc(-c4cccc(Cl)c4)cn23)cc1. The fourth-order valence-electron chi connectivity index (χ4n) is 2.75. The van der Waals surface area contributed by atoms with Crippen LogP contribution in [0.1, 0.15) is 11.3 Å². The number of thiazole rings is 1. The summed E-state index contributed by atoms with van der Waals surface area (Å²) in [5.41, 5.74) is 4.69. The van der Waals surface area contributed by atoms with Crippen molar-refractivity contribution in [2.45, 2.75) is 13.3 Å². The number of amides is 1. The molecule has 2 heterocycles. The molecule has 4 rings (SSSR count). The van der Waals surface area contributed by atoms with Gasteiger partial charge in [-0.3, -0.25) is 9.20 Å². The van der Waals surface area contributed by atoms with Crippen molar-refractivity contribution in [3.63, 3.8) is 0 Å². The van der Waals surface area contributed by atoms with Gasteiger partial charge in [0.2, 0.25) is 5.91 Å². The molecular formula is C20H16ClN3OS. The maximum atomic E-state index is 12.4. The van der Waals surface area contributed by atoms with E-state index in [0.717, 1.165) is 33.2 Å². The number of halogens is 1. The molecule has 4 nitrogen and oxygen atoms in total. The van der Waals surface area contributed by atoms with E-state index in [4.69, 9.17) is 11.6 Å². The molecule has 0 aliphatic rings. The molecule has 2 aromatic carbocycles. The zero-order valence-electron chi connectivity index (χ0n) is 14.1. The summed E-state index contributed by atoms with van der Waals surface area (Å²) in [6.07, 6.45) is 2.24. The van der Waals surface area contributed by atoms with Crippen molar-refractivity contribution in [2.75, 3.05) is 5.32 Å². The van der Waals surface area contributed by atoms with Gasteiger partial charge in [-0.1, -0.05) is 41.4 Å². The van der Waals surface area contributed by atoms with E-state index in [0.29, 0.717) is 11.4 Å². The first-order valence-electron chi connectivity index (χ1n) is 8.16. The lowest BCUT2D eigenvalue weighted by molar-refractivity contribution is -0.115. The highest BCUT2D eigenvalue weighted by Crippen LogP contribution is 2.26. The normalized spacial score (nSPS) is 11.0. The Balaban J connectivity index is 1.55. The van der Waals surface area contributed by atoms with Crippen LogP contribution in [0.15, 0.2) is 60.1 Å². The molecule has 0 radical (unpaired) electrons. The first kappa shape index (κ1) is 16.8. The smallest absolute Gasteiger partial charge is 0.230 e. The summed E-state index contributed by atoms with van der Waals surface area (Å²) in [5, 5.41) is 5.58. The Hall–Kier alpha value is -2.63. The van der Waals surface area contributed by atoms with Crippen molar-refractivity contribution in [2.24, 2.45) is 0 Å². The van der Waals surface area contributed by atoms with Gasteiger partial charge in [0.1, 0.15) is 0 Å². The van der Waals surface area contributed by atoms with Gasteiger partial charge in [-0.15, -0.1) is 11.3 Å². The van der Waals surface area contributed by atoms with E-state index in [-0.39, 0.29) is 5.91 Å². The highest BCUT2D eigenvalue weighted by molar-refractivity contribution is 7.15. The van der Waals surface area contributed by atoms with Crippen molar-refractivity contribution in [3.05, 3.63) is 76.4 Å². The maximum absolute atomic E-state index is 12.4. The Morgan fingerprint density at radius 2 is 2.04 bits per heavy atom. The van der Waals surface area contributed by atoms with E-state index in [9.17, 15) is 4.79 Å². The molecule has 2 aromatic heterocycles. The van der Waals surface area contributed by atoms with Crippen LogP contribution in [0.5, 0.6) is 0 Å². The molecule has 0 atom stereocenters. The second kappa shape index (κ2) is 6.94. The number of imidazole rings is 1. The third kappa shape index (κ3) is 3.49. The minimum Gasteiger partial charge on any atom is -0.326 e. The summed E-state index contributed by atoms with van der Waals surface area (Å²) in [6.45, 7) is 2.02. The van der Waals surface area contributed by atoms with Crippen molar-refractivity contribution in [3.8, 4) is 11.3 Å². The highest BCUT2D eigenvalue weighted by Gasteiger charge is 2.13. The van der Waals surface area contributed by atoms with Crippen LogP contribution in [-0.4, -0.2) is 15.3 Å². The van der Waals surface area contributed by atoms with E-state index < -0.39 is 0 Å². The van der Waals surface area contributed by atoms with Crippen LogP contribution in [0.25, 0.3) is 16.2 Å². The van der Waals surface area contributed by atoms with Gasteiger partial charge in [0.15, 0.2) is 4.96 Å². The van der Waals surface area contributed by atoms with Crippen LogP contribution in [-0.2, 0) is 11.2 Å².